The summed E-state index contributed by atoms with van der Waals surface area (Å²) < 4.78 is 11.1. The van der Waals surface area contributed by atoms with Crippen molar-refractivity contribution in [2.45, 2.75) is 26.4 Å². The largest absolute Gasteiger partial charge is 0.494 e. The van der Waals surface area contributed by atoms with Crippen LogP contribution in [-0.2, 0) is 16.1 Å². The molecule has 3 heterocycles. The van der Waals surface area contributed by atoms with E-state index in [-0.39, 0.29) is 12.3 Å². The summed E-state index contributed by atoms with van der Waals surface area (Å²) in [5, 5.41) is 0. The van der Waals surface area contributed by atoms with E-state index in [4.69, 9.17) is 9.15 Å². The maximum Gasteiger partial charge on any atom is 0.291 e. The van der Waals surface area contributed by atoms with Gasteiger partial charge in [0.1, 0.15) is 17.4 Å². The molecule has 0 saturated carbocycles. The van der Waals surface area contributed by atoms with Crippen LogP contribution in [0, 0.1) is 12.8 Å². The first kappa shape index (κ1) is 20.5. The van der Waals surface area contributed by atoms with Crippen molar-refractivity contribution in [1.29, 1.82) is 0 Å². The van der Waals surface area contributed by atoms with Gasteiger partial charge in [0.25, 0.3) is 5.91 Å². The van der Waals surface area contributed by atoms with Crippen LogP contribution in [-0.4, -0.2) is 34.0 Å². The zero-order valence-corrected chi connectivity index (χ0v) is 17.3. The van der Waals surface area contributed by atoms with Gasteiger partial charge in [-0.3, -0.25) is 19.4 Å². The summed E-state index contributed by atoms with van der Waals surface area (Å²) >= 11 is 0. The quantitative estimate of drug-likeness (QED) is 0.331. The molecule has 0 bridgehead atoms. The van der Waals surface area contributed by atoms with Crippen LogP contribution in [0.15, 0.2) is 65.3 Å². The van der Waals surface area contributed by atoms with Crippen LogP contribution in [0.2, 0.25) is 0 Å². The van der Waals surface area contributed by atoms with Crippen LogP contribution >= 0.6 is 0 Å². The average molecular weight is 418 g/mol. The Labute approximate surface area is 179 Å². The number of rotatable bonds is 7. The number of pyridine rings is 1. The third-order valence-corrected chi connectivity index (χ3v) is 5.28. The normalized spacial score (nSPS) is 18.5. The maximum atomic E-state index is 13.3. The molecule has 1 fully saturated rings. The van der Waals surface area contributed by atoms with Gasteiger partial charge in [-0.15, -0.1) is 0 Å². The third-order valence-electron chi connectivity index (χ3n) is 5.28. The average Bonchev–Trinajstić information content (AvgIpc) is 3.31. The van der Waals surface area contributed by atoms with E-state index in [9.17, 15) is 14.4 Å². The van der Waals surface area contributed by atoms with Crippen molar-refractivity contribution in [2.75, 3.05) is 6.61 Å². The molecule has 1 aromatic carbocycles. The summed E-state index contributed by atoms with van der Waals surface area (Å²) in [6.45, 7) is 4.24. The maximum absolute atomic E-state index is 13.3. The number of ketones is 2. The van der Waals surface area contributed by atoms with Crippen LogP contribution in [0.25, 0.3) is 0 Å². The number of aryl methyl sites for hydroxylation is 1. The SMILES string of the molecule is CCOc1cccc(C2C(C(=O)c3ccc(C)o3)C(=O)C(=O)N2Cc2ccncc2)c1. The Kier molecular flexibility index (Phi) is 5.66. The fourth-order valence-electron chi connectivity index (χ4n) is 3.89. The van der Waals surface area contributed by atoms with Crippen LogP contribution < -0.4 is 4.74 Å². The van der Waals surface area contributed by atoms with Gasteiger partial charge in [0.2, 0.25) is 11.6 Å². The summed E-state index contributed by atoms with van der Waals surface area (Å²) in [7, 11) is 0. The van der Waals surface area contributed by atoms with Crippen molar-refractivity contribution < 1.29 is 23.5 Å². The van der Waals surface area contributed by atoms with Crippen LogP contribution in [0.3, 0.4) is 0 Å². The highest BCUT2D eigenvalue weighted by atomic mass is 16.5. The van der Waals surface area contributed by atoms with Gasteiger partial charge in [-0.1, -0.05) is 12.1 Å². The van der Waals surface area contributed by atoms with Crippen molar-refractivity contribution in [3.63, 3.8) is 0 Å². The topological polar surface area (TPSA) is 89.7 Å². The van der Waals surface area contributed by atoms with Gasteiger partial charge in [0.15, 0.2) is 5.76 Å². The Balaban J connectivity index is 1.78. The van der Waals surface area contributed by atoms with Crippen LogP contribution in [0.1, 0.15) is 40.4 Å². The van der Waals surface area contributed by atoms with Gasteiger partial charge >= 0.3 is 0 Å². The van der Waals surface area contributed by atoms with E-state index in [1.165, 1.54) is 11.0 Å². The van der Waals surface area contributed by atoms with Crippen molar-refractivity contribution in [3.05, 3.63) is 83.6 Å². The second-order valence-corrected chi connectivity index (χ2v) is 7.36. The number of Topliss-reactive ketones (excluding diaryl/α,β-unsaturated/α-hetero) is 2. The first-order valence-electron chi connectivity index (χ1n) is 10.1. The minimum Gasteiger partial charge on any atom is -0.494 e. The van der Waals surface area contributed by atoms with E-state index in [0.717, 1.165) is 5.56 Å². The fraction of sp³-hybridized carbons (Fsp3) is 0.250. The van der Waals surface area contributed by atoms with Crippen molar-refractivity contribution in [2.24, 2.45) is 5.92 Å². The van der Waals surface area contributed by atoms with E-state index in [2.05, 4.69) is 4.98 Å². The molecule has 0 radical (unpaired) electrons. The van der Waals surface area contributed by atoms with Crippen LogP contribution in [0.4, 0.5) is 0 Å². The second-order valence-electron chi connectivity index (χ2n) is 7.36. The van der Waals surface area contributed by atoms with Crippen LogP contribution in [0.5, 0.6) is 5.75 Å². The molecule has 1 amide bonds. The first-order chi connectivity index (χ1) is 15.0. The van der Waals surface area contributed by atoms with Gasteiger partial charge in [-0.05, 0) is 61.4 Å². The summed E-state index contributed by atoms with van der Waals surface area (Å²) in [6.07, 6.45) is 3.24. The standard InChI is InChI=1S/C24H22N2O5/c1-3-30-18-6-4-5-17(13-18)21-20(22(27)19-8-7-15(2)31-19)23(28)24(29)26(21)14-16-9-11-25-12-10-16/h4-13,20-21H,3,14H2,1-2H3. The molecule has 1 aliphatic rings. The lowest BCUT2D eigenvalue weighted by atomic mass is 9.88. The lowest BCUT2D eigenvalue weighted by molar-refractivity contribution is -0.141. The number of furan rings is 1. The number of carbonyl (C=O) groups excluding carboxylic acids is 3. The Morgan fingerprint density at radius 2 is 1.90 bits per heavy atom. The Morgan fingerprint density at radius 1 is 1.13 bits per heavy atom. The van der Waals surface area contributed by atoms with Gasteiger partial charge in [-0.2, -0.15) is 0 Å². The summed E-state index contributed by atoms with van der Waals surface area (Å²) in [4.78, 5) is 44.7. The van der Waals surface area contributed by atoms with Gasteiger partial charge in [0, 0.05) is 18.9 Å². The molecule has 2 atom stereocenters. The summed E-state index contributed by atoms with van der Waals surface area (Å²) in [5.41, 5.74) is 1.46. The number of likely N-dealkylation sites (tertiary alicyclic amines) is 1. The van der Waals surface area contributed by atoms with E-state index in [0.29, 0.717) is 23.7 Å². The zero-order valence-electron chi connectivity index (χ0n) is 17.3. The van der Waals surface area contributed by atoms with E-state index in [1.807, 2.05) is 6.92 Å². The fourth-order valence-corrected chi connectivity index (χ4v) is 3.89. The monoisotopic (exact) mass is 418 g/mol. The molecule has 7 nitrogen and oxygen atoms in total. The lowest BCUT2D eigenvalue weighted by Crippen LogP contribution is -2.30. The molecule has 7 heteroatoms. The Morgan fingerprint density at radius 3 is 2.58 bits per heavy atom. The van der Waals surface area contributed by atoms with Crippen molar-refractivity contribution >= 4 is 17.5 Å². The smallest absolute Gasteiger partial charge is 0.291 e. The Hall–Kier alpha value is -3.74. The molecule has 1 aliphatic heterocycles. The predicted octanol–water partition coefficient (Wildman–Crippen LogP) is 3.53. The number of carbonyl (C=O) groups is 3. The molecule has 31 heavy (non-hydrogen) atoms. The zero-order chi connectivity index (χ0) is 22.0. The van der Waals surface area contributed by atoms with Crippen molar-refractivity contribution in [3.8, 4) is 5.75 Å². The molecule has 2 unspecified atom stereocenters. The molecule has 0 spiro atoms. The van der Waals surface area contributed by atoms with Gasteiger partial charge in [-0.25, -0.2) is 0 Å². The second kappa shape index (κ2) is 8.55. The minimum atomic E-state index is -1.20. The number of hydrogen-bond acceptors (Lipinski definition) is 6. The molecule has 158 valence electrons. The highest BCUT2D eigenvalue weighted by Crippen LogP contribution is 2.40. The van der Waals surface area contributed by atoms with E-state index < -0.39 is 29.4 Å². The molecule has 2 aromatic heterocycles. The third kappa shape index (κ3) is 3.99. The molecule has 0 aliphatic carbocycles. The molecule has 0 N–H and O–H groups in total. The molecule has 1 saturated heterocycles. The highest BCUT2D eigenvalue weighted by Gasteiger charge is 2.52. The minimum absolute atomic E-state index is 0.0698. The van der Waals surface area contributed by atoms with Gasteiger partial charge in [0.05, 0.1) is 12.6 Å². The number of amides is 1. The summed E-state index contributed by atoms with van der Waals surface area (Å²) in [5.74, 6) is -1.89. The highest BCUT2D eigenvalue weighted by molar-refractivity contribution is 6.43. The Bertz CT molecular complexity index is 1120. The van der Waals surface area contributed by atoms with Crippen molar-refractivity contribution in [1.82, 2.24) is 9.88 Å². The molecular weight excluding hydrogens is 396 g/mol. The summed E-state index contributed by atoms with van der Waals surface area (Å²) in [6, 6.07) is 13.1. The molecular formula is C24H22N2O5. The molecule has 3 aromatic rings. The van der Waals surface area contributed by atoms with E-state index in [1.54, 1.807) is 61.8 Å². The number of ether oxygens (including phenoxy) is 1. The number of nitrogens with zero attached hydrogens (tertiary/aromatic N) is 2. The number of aromatic nitrogens is 1. The first-order valence-corrected chi connectivity index (χ1v) is 10.1. The number of hydrogen-bond donors (Lipinski definition) is 0. The molecule has 4 rings (SSSR count). The number of benzene rings is 1. The lowest BCUT2D eigenvalue weighted by Gasteiger charge is -2.27. The van der Waals surface area contributed by atoms with E-state index >= 15 is 0 Å². The van der Waals surface area contributed by atoms with Gasteiger partial charge < -0.3 is 14.1 Å². The predicted molar refractivity (Wildman–Crippen MR) is 111 cm³/mol.